The van der Waals surface area contributed by atoms with Crippen LogP contribution in [0, 0.1) is 0 Å². The maximum Gasteiger partial charge on any atom is 0.416 e. The maximum atomic E-state index is 13.4. The lowest BCUT2D eigenvalue weighted by Crippen LogP contribution is -2.39. The second kappa shape index (κ2) is 9.11. The molecule has 176 valence electrons. The van der Waals surface area contributed by atoms with Gasteiger partial charge in [-0.15, -0.1) is 11.6 Å². The van der Waals surface area contributed by atoms with E-state index in [0.29, 0.717) is 12.0 Å². The van der Waals surface area contributed by atoms with Gasteiger partial charge in [-0.1, -0.05) is 36.4 Å². The van der Waals surface area contributed by atoms with Crippen molar-refractivity contribution >= 4 is 23.4 Å². The molecule has 1 saturated heterocycles. The Balaban J connectivity index is 1.69. The molecule has 0 radical (unpaired) electrons. The molecule has 2 aromatic rings. The van der Waals surface area contributed by atoms with Gasteiger partial charge in [0.15, 0.2) is 5.78 Å². The normalized spacial score (nSPS) is 20.4. The first-order valence-corrected chi connectivity index (χ1v) is 11.5. The first-order chi connectivity index (χ1) is 15.6. The number of carboxylic acid groups (broad SMARTS) is 1. The molecule has 33 heavy (non-hydrogen) atoms. The van der Waals surface area contributed by atoms with E-state index >= 15 is 0 Å². The van der Waals surface area contributed by atoms with Crippen LogP contribution in [0.1, 0.15) is 76.0 Å². The molecule has 2 N–H and O–H groups in total. The fourth-order valence-electron chi connectivity index (χ4n) is 5.58. The molecule has 0 saturated carbocycles. The van der Waals surface area contributed by atoms with Crippen LogP contribution in [-0.2, 0) is 16.4 Å². The van der Waals surface area contributed by atoms with Crippen LogP contribution in [0.2, 0.25) is 0 Å². The van der Waals surface area contributed by atoms with Gasteiger partial charge in [0.05, 0.1) is 17.4 Å². The molecule has 1 aliphatic carbocycles. The second-order valence-corrected chi connectivity index (χ2v) is 9.51. The molecule has 0 aromatic heterocycles. The summed E-state index contributed by atoms with van der Waals surface area (Å²) in [5.41, 5.74) is 0.930. The molecule has 1 aliphatic heterocycles. The molecular weight excluding hydrogens is 455 g/mol. The predicted octanol–water partition coefficient (Wildman–Crippen LogP) is 5.84. The summed E-state index contributed by atoms with van der Waals surface area (Å²) >= 11 is 6.38. The Hall–Kier alpha value is -2.38. The Bertz CT molecular complexity index is 1060. The van der Waals surface area contributed by atoms with Gasteiger partial charge in [0.2, 0.25) is 0 Å². The first-order valence-electron chi connectivity index (χ1n) is 11.0. The van der Waals surface area contributed by atoms with Crippen molar-refractivity contribution in [3.05, 3.63) is 70.3 Å². The standard InChI is InChI=1S/C25H25ClF3NO3/c26-20(17-4-1-2-7-19(17)25(27,28)29)13-21(31)18-6-3-5-16-15(12-22(32)33)14-24(23(16)18)8-10-30-11-9-24/h1-7,15,20,30H,8-14H2,(H,32,33). The van der Waals surface area contributed by atoms with Crippen molar-refractivity contribution in [1.29, 1.82) is 0 Å². The Labute approximate surface area is 195 Å². The van der Waals surface area contributed by atoms with Gasteiger partial charge in [0.1, 0.15) is 0 Å². The third-order valence-electron chi connectivity index (χ3n) is 6.95. The molecule has 0 bridgehead atoms. The summed E-state index contributed by atoms with van der Waals surface area (Å²) in [5.74, 6) is -1.41. The van der Waals surface area contributed by atoms with E-state index in [-0.39, 0.29) is 35.5 Å². The largest absolute Gasteiger partial charge is 0.481 e. The maximum absolute atomic E-state index is 13.4. The minimum Gasteiger partial charge on any atom is -0.481 e. The highest BCUT2D eigenvalue weighted by Gasteiger charge is 2.47. The van der Waals surface area contributed by atoms with Crippen LogP contribution in [-0.4, -0.2) is 29.9 Å². The molecule has 4 nitrogen and oxygen atoms in total. The van der Waals surface area contributed by atoms with Gasteiger partial charge in [-0.2, -0.15) is 13.2 Å². The van der Waals surface area contributed by atoms with Gasteiger partial charge in [-0.3, -0.25) is 9.59 Å². The lowest BCUT2D eigenvalue weighted by Gasteiger charge is -2.36. The van der Waals surface area contributed by atoms with Crippen LogP contribution in [0.15, 0.2) is 42.5 Å². The molecule has 0 amide bonds. The summed E-state index contributed by atoms with van der Waals surface area (Å²) < 4.78 is 40.3. The quantitative estimate of drug-likeness (QED) is 0.403. The van der Waals surface area contributed by atoms with Crippen LogP contribution in [0.5, 0.6) is 0 Å². The number of alkyl halides is 4. The van der Waals surface area contributed by atoms with Crippen LogP contribution in [0.3, 0.4) is 0 Å². The molecule has 1 heterocycles. The van der Waals surface area contributed by atoms with Gasteiger partial charge in [-0.25, -0.2) is 0 Å². The molecule has 2 aromatic carbocycles. The summed E-state index contributed by atoms with van der Waals surface area (Å²) in [5, 5.41) is 11.6. The number of nitrogens with one attached hydrogen (secondary N) is 1. The van der Waals surface area contributed by atoms with E-state index in [1.807, 2.05) is 6.07 Å². The number of halogens is 4. The SMILES string of the molecule is O=C(O)CC1CC2(CCNCC2)c2c(C(=O)CC(Cl)c3ccccc3C(F)(F)F)cccc21. The number of hydrogen-bond donors (Lipinski definition) is 2. The van der Waals surface area contributed by atoms with Gasteiger partial charge in [-0.05, 0) is 66.4 Å². The van der Waals surface area contributed by atoms with Gasteiger partial charge in [0.25, 0.3) is 0 Å². The Morgan fingerprint density at radius 2 is 1.82 bits per heavy atom. The highest BCUT2D eigenvalue weighted by molar-refractivity contribution is 6.22. The zero-order valence-electron chi connectivity index (χ0n) is 17.9. The Morgan fingerprint density at radius 1 is 1.12 bits per heavy atom. The number of carbonyl (C=O) groups is 2. The number of ketones is 1. The summed E-state index contributed by atoms with van der Waals surface area (Å²) in [7, 11) is 0. The third-order valence-corrected chi connectivity index (χ3v) is 7.34. The van der Waals surface area contributed by atoms with Crippen LogP contribution >= 0.6 is 11.6 Å². The summed E-state index contributed by atoms with van der Waals surface area (Å²) in [6.45, 7) is 1.53. The average molecular weight is 480 g/mol. The minimum atomic E-state index is -4.57. The molecular formula is C25H25ClF3NO3. The van der Waals surface area contributed by atoms with E-state index in [1.54, 1.807) is 12.1 Å². The summed E-state index contributed by atoms with van der Waals surface area (Å²) in [6, 6.07) is 10.4. The van der Waals surface area contributed by atoms with Gasteiger partial charge in [0, 0.05) is 12.0 Å². The Morgan fingerprint density at radius 3 is 2.48 bits per heavy atom. The lowest BCUT2D eigenvalue weighted by molar-refractivity contribution is -0.138. The topological polar surface area (TPSA) is 66.4 Å². The third kappa shape index (κ3) is 4.66. The number of fused-ring (bicyclic) bond motifs is 2. The number of carboxylic acids is 1. The second-order valence-electron chi connectivity index (χ2n) is 8.98. The van der Waals surface area contributed by atoms with Crippen molar-refractivity contribution in [3.63, 3.8) is 0 Å². The number of hydrogen-bond acceptors (Lipinski definition) is 3. The van der Waals surface area contributed by atoms with E-state index in [1.165, 1.54) is 18.2 Å². The number of aliphatic carboxylic acids is 1. The van der Waals surface area contributed by atoms with E-state index in [4.69, 9.17) is 11.6 Å². The minimum absolute atomic E-state index is 0.0170. The van der Waals surface area contributed by atoms with E-state index in [0.717, 1.165) is 43.1 Å². The molecule has 1 spiro atoms. The summed E-state index contributed by atoms with van der Waals surface area (Å²) in [4.78, 5) is 24.9. The number of piperidine rings is 1. The van der Waals surface area contributed by atoms with E-state index < -0.39 is 23.1 Å². The number of Topliss-reactive ketones (excluding diaryl/α,β-unsaturated/α-hetero) is 1. The molecule has 4 rings (SSSR count). The van der Waals surface area contributed by atoms with Crippen molar-refractivity contribution < 1.29 is 27.9 Å². The van der Waals surface area contributed by atoms with Crippen LogP contribution < -0.4 is 5.32 Å². The van der Waals surface area contributed by atoms with Crippen molar-refractivity contribution in [2.45, 2.75) is 55.0 Å². The van der Waals surface area contributed by atoms with Crippen molar-refractivity contribution in [3.8, 4) is 0 Å². The van der Waals surface area contributed by atoms with E-state index in [9.17, 15) is 27.9 Å². The lowest BCUT2D eigenvalue weighted by atomic mass is 9.71. The monoisotopic (exact) mass is 479 g/mol. The van der Waals surface area contributed by atoms with Crippen LogP contribution in [0.25, 0.3) is 0 Å². The zero-order chi connectivity index (χ0) is 23.8. The molecule has 2 atom stereocenters. The average Bonchev–Trinajstić information content (AvgIpc) is 3.05. The number of rotatable bonds is 6. The van der Waals surface area contributed by atoms with Gasteiger partial charge >= 0.3 is 12.1 Å². The predicted molar refractivity (Wildman–Crippen MR) is 119 cm³/mol. The van der Waals surface area contributed by atoms with Crippen LogP contribution in [0.4, 0.5) is 13.2 Å². The highest BCUT2D eigenvalue weighted by Crippen LogP contribution is 2.53. The van der Waals surface area contributed by atoms with E-state index in [2.05, 4.69) is 5.32 Å². The fraction of sp³-hybridized carbons (Fsp3) is 0.440. The molecule has 8 heteroatoms. The smallest absolute Gasteiger partial charge is 0.416 e. The first kappa shape index (κ1) is 23.8. The summed E-state index contributed by atoms with van der Waals surface area (Å²) in [6.07, 6.45) is -2.64. The molecule has 1 fully saturated rings. The van der Waals surface area contributed by atoms with Crippen molar-refractivity contribution in [2.75, 3.05) is 13.1 Å². The highest BCUT2D eigenvalue weighted by atomic mass is 35.5. The fourth-order valence-corrected chi connectivity index (χ4v) is 5.91. The molecule has 2 aliphatic rings. The zero-order valence-corrected chi connectivity index (χ0v) is 18.7. The van der Waals surface area contributed by atoms with Crippen molar-refractivity contribution in [2.24, 2.45) is 0 Å². The number of benzene rings is 2. The van der Waals surface area contributed by atoms with Gasteiger partial charge < -0.3 is 10.4 Å². The Kier molecular flexibility index (Phi) is 6.56. The van der Waals surface area contributed by atoms with Crippen molar-refractivity contribution in [1.82, 2.24) is 5.32 Å². The number of carbonyl (C=O) groups excluding carboxylic acids is 1. The molecule has 2 unspecified atom stereocenters.